The molecule has 1 aromatic carbocycles. The second-order valence-electron chi connectivity index (χ2n) is 3.19. The Bertz CT molecular complexity index is 381. The number of nitrogens with two attached hydrogens (primary N) is 1. The van der Waals surface area contributed by atoms with Gasteiger partial charge in [-0.1, -0.05) is 11.6 Å². The number of ketones is 1. The summed E-state index contributed by atoms with van der Waals surface area (Å²) >= 11 is 5.91. The molecule has 0 saturated heterocycles. The molecule has 0 saturated carbocycles. The van der Waals surface area contributed by atoms with E-state index < -0.39 is 11.9 Å². The van der Waals surface area contributed by atoms with E-state index in [1.807, 2.05) is 6.92 Å². The fraction of sp³-hybridized carbons (Fsp3) is 0.364. The largest absolute Gasteiger partial charge is 0.492 e. The highest BCUT2D eigenvalue weighted by Crippen LogP contribution is 2.25. The molecular formula is C11H14ClNO3. The maximum Gasteiger partial charge on any atom is 0.192 e. The number of aliphatic hydroxyl groups excluding tert-OH is 1. The summed E-state index contributed by atoms with van der Waals surface area (Å²) in [5, 5.41) is 9.64. The van der Waals surface area contributed by atoms with E-state index in [1.54, 1.807) is 12.1 Å². The third kappa shape index (κ3) is 2.95. The van der Waals surface area contributed by atoms with Gasteiger partial charge in [0.25, 0.3) is 0 Å². The van der Waals surface area contributed by atoms with Crippen molar-refractivity contribution < 1.29 is 14.6 Å². The van der Waals surface area contributed by atoms with Gasteiger partial charge in [0.2, 0.25) is 0 Å². The second kappa shape index (κ2) is 5.84. The summed E-state index contributed by atoms with van der Waals surface area (Å²) in [5.74, 6) is 0.0791. The van der Waals surface area contributed by atoms with Gasteiger partial charge in [-0.25, -0.2) is 0 Å². The Kier molecular flexibility index (Phi) is 4.73. The lowest BCUT2D eigenvalue weighted by atomic mass is 10.1. The molecule has 1 unspecified atom stereocenters. The van der Waals surface area contributed by atoms with Gasteiger partial charge in [-0.2, -0.15) is 0 Å². The molecule has 4 nitrogen and oxygen atoms in total. The van der Waals surface area contributed by atoms with Gasteiger partial charge >= 0.3 is 0 Å². The molecule has 0 amide bonds. The van der Waals surface area contributed by atoms with Crippen molar-refractivity contribution in [3.63, 3.8) is 0 Å². The first-order valence-corrected chi connectivity index (χ1v) is 5.32. The molecule has 0 aromatic heterocycles. The molecule has 1 aromatic rings. The first-order chi connectivity index (χ1) is 7.60. The summed E-state index contributed by atoms with van der Waals surface area (Å²) in [6, 6.07) is 4.62. The number of Topliss-reactive ketones (excluding diaryl/α,β-unsaturated/α-hetero) is 1. The molecule has 3 N–H and O–H groups in total. The van der Waals surface area contributed by atoms with E-state index in [9.17, 15) is 9.90 Å². The fourth-order valence-electron chi connectivity index (χ4n) is 1.23. The average Bonchev–Trinajstić information content (AvgIpc) is 2.30. The van der Waals surface area contributed by atoms with Gasteiger partial charge in [-0.3, -0.25) is 4.79 Å². The smallest absolute Gasteiger partial charge is 0.192 e. The Labute approximate surface area is 99.0 Å². The first-order valence-electron chi connectivity index (χ1n) is 4.94. The van der Waals surface area contributed by atoms with Crippen molar-refractivity contribution in [1.82, 2.24) is 0 Å². The molecule has 0 aliphatic carbocycles. The minimum absolute atomic E-state index is 0.107. The standard InChI is InChI=1S/C11H14ClNO3/c1-2-16-10-4-3-7(5-8(10)12)11(15)9(14)6-13/h3-5,9,14H,2,6,13H2,1H3. The van der Waals surface area contributed by atoms with Crippen LogP contribution in [-0.4, -0.2) is 30.1 Å². The molecule has 0 heterocycles. The van der Waals surface area contributed by atoms with Gasteiger partial charge in [-0.05, 0) is 25.1 Å². The number of aliphatic hydroxyl groups is 1. The molecule has 16 heavy (non-hydrogen) atoms. The van der Waals surface area contributed by atoms with Gasteiger partial charge in [0.1, 0.15) is 11.9 Å². The van der Waals surface area contributed by atoms with Crippen molar-refractivity contribution in [1.29, 1.82) is 0 Å². The second-order valence-corrected chi connectivity index (χ2v) is 3.60. The van der Waals surface area contributed by atoms with Gasteiger partial charge in [0, 0.05) is 12.1 Å². The highest BCUT2D eigenvalue weighted by molar-refractivity contribution is 6.32. The van der Waals surface area contributed by atoms with Gasteiger partial charge < -0.3 is 15.6 Å². The number of halogens is 1. The highest BCUT2D eigenvalue weighted by atomic mass is 35.5. The van der Waals surface area contributed by atoms with Crippen LogP contribution >= 0.6 is 11.6 Å². The number of benzene rings is 1. The lowest BCUT2D eigenvalue weighted by Gasteiger charge is -2.09. The van der Waals surface area contributed by atoms with E-state index >= 15 is 0 Å². The molecule has 1 atom stereocenters. The van der Waals surface area contributed by atoms with Crippen LogP contribution < -0.4 is 10.5 Å². The summed E-state index contributed by atoms with van der Waals surface area (Å²) in [6.07, 6.45) is -1.19. The molecule has 0 aliphatic heterocycles. The molecule has 0 radical (unpaired) electrons. The Morgan fingerprint density at radius 2 is 2.31 bits per heavy atom. The van der Waals surface area contributed by atoms with Gasteiger partial charge in [-0.15, -0.1) is 0 Å². The summed E-state index contributed by atoms with van der Waals surface area (Å²) in [4.78, 5) is 11.6. The van der Waals surface area contributed by atoms with Crippen LogP contribution in [0.25, 0.3) is 0 Å². The van der Waals surface area contributed by atoms with Gasteiger partial charge in [0.15, 0.2) is 5.78 Å². The van der Waals surface area contributed by atoms with Crippen molar-refractivity contribution >= 4 is 17.4 Å². The highest BCUT2D eigenvalue weighted by Gasteiger charge is 2.16. The molecule has 0 bridgehead atoms. The zero-order valence-corrected chi connectivity index (χ0v) is 9.70. The Morgan fingerprint density at radius 1 is 1.62 bits per heavy atom. The summed E-state index contributed by atoms with van der Waals surface area (Å²) in [6.45, 7) is 2.23. The van der Waals surface area contributed by atoms with E-state index in [0.29, 0.717) is 22.9 Å². The van der Waals surface area contributed by atoms with E-state index in [2.05, 4.69) is 0 Å². The van der Waals surface area contributed by atoms with E-state index in [4.69, 9.17) is 22.1 Å². The Morgan fingerprint density at radius 3 is 2.81 bits per heavy atom. The molecule has 0 spiro atoms. The van der Waals surface area contributed by atoms with E-state index in [-0.39, 0.29) is 6.54 Å². The van der Waals surface area contributed by atoms with Crippen molar-refractivity contribution in [2.75, 3.05) is 13.2 Å². The van der Waals surface area contributed by atoms with Crippen molar-refractivity contribution in [3.8, 4) is 5.75 Å². The van der Waals surface area contributed by atoms with Crippen molar-refractivity contribution in [3.05, 3.63) is 28.8 Å². The molecular weight excluding hydrogens is 230 g/mol. The Hall–Kier alpha value is -1.10. The van der Waals surface area contributed by atoms with Crippen LogP contribution in [0.5, 0.6) is 5.75 Å². The molecule has 88 valence electrons. The lowest BCUT2D eigenvalue weighted by molar-refractivity contribution is 0.0763. The lowest BCUT2D eigenvalue weighted by Crippen LogP contribution is -2.29. The number of ether oxygens (including phenoxy) is 1. The molecule has 1 rings (SSSR count). The maximum atomic E-state index is 11.6. The van der Waals surface area contributed by atoms with Gasteiger partial charge in [0.05, 0.1) is 11.6 Å². The number of carbonyl (C=O) groups excluding carboxylic acids is 1. The quantitative estimate of drug-likeness (QED) is 0.764. The summed E-state index contributed by atoms with van der Waals surface area (Å²) < 4.78 is 5.23. The molecule has 0 aliphatic rings. The maximum absolute atomic E-state index is 11.6. The third-order valence-corrected chi connectivity index (χ3v) is 2.34. The predicted molar refractivity (Wildman–Crippen MR) is 62.0 cm³/mol. The topological polar surface area (TPSA) is 72.5 Å². The SMILES string of the molecule is CCOc1ccc(C(=O)C(O)CN)cc1Cl. The van der Waals surface area contributed by atoms with Crippen LogP contribution in [0, 0.1) is 0 Å². The number of rotatable bonds is 5. The molecule has 0 fully saturated rings. The average molecular weight is 244 g/mol. The molecule has 5 heteroatoms. The van der Waals surface area contributed by atoms with Crippen LogP contribution in [0.4, 0.5) is 0 Å². The fourth-order valence-corrected chi connectivity index (χ4v) is 1.46. The third-order valence-electron chi connectivity index (χ3n) is 2.04. The van der Waals surface area contributed by atoms with Crippen LogP contribution in [0.2, 0.25) is 5.02 Å². The van der Waals surface area contributed by atoms with Crippen LogP contribution in [0.15, 0.2) is 18.2 Å². The minimum atomic E-state index is -1.19. The van der Waals surface area contributed by atoms with Crippen LogP contribution in [0.1, 0.15) is 17.3 Å². The number of hydrogen-bond acceptors (Lipinski definition) is 4. The van der Waals surface area contributed by atoms with Crippen molar-refractivity contribution in [2.24, 2.45) is 5.73 Å². The van der Waals surface area contributed by atoms with Crippen LogP contribution in [-0.2, 0) is 0 Å². The summed E-state index contributed by atoms with van der Waals surface area (Å²) in [5.41, 5.74) is 5.52. The monoisotopic (exact) mass is 243 g/mol. The zero-order chi connectivity index (χ0) is 12.1. The van der Waals surface area contributed by atoms with E-state index in [1.165, 1.54) is 6.07 Å². The normalized spacial score (nSPS) is 12.2. The Balaban J connectivity index is 2.92. The zero-order valence-electron chi connectivity index (χ0n) is 8.94. The number of hydrogen-bond donors (Lipinski definition) is 2. The predicted octanol–water partition coefficient (Wildman–Crippen LogP) is 1.24. The van der Waals surface area contributed by atoms with E-state index in [0.717, 1.165) is 0 Å². The van der Waals surface area contributed by atoms with Crippen molar-refractivity contribution in [2.45, 2.75) is 13.0 Å². The van der Waals surface area contributed by atoms with Crippen LogP contribution in [0.3, 0.4) is 0 Å². The summed E-state index contributed by atoms with van der Waals surface area (Å²) in [7, 11) is 0. The first kappa shape index (κ1) is 13.0. The number of carbonyl (C=O) groups is 1. The minimum Gasteiger partial charge on any atom is -0.492 e.